The minimum Gasteiger partial charge on any atom is -0.483 e. The normalized spacial score (nSPS) is 13.2. The maximum Gasteiger partial charge on any atom is 0.258 e. The quantitative estimate of drug-likeness (QED) is 0.825. The van der Waals surface area contributed by atoms with Crippen molar-refractivity contribution in [3.05, 3.63) is 53.6 Å². The SMILES string of the molecule is C[C@H](NC(=O)COc1ccccc1C=O)c1ccc2c(c1)OCO2. The molecule has 0 aliphatic carbocycles. The van der Waals surface area contributed by atoms with E-state index in [1.165, 1.54) is 0 Å². The average molecular weight is 327 g/mol. The zero-order chi connectivity index (χ0) is 16.9. The Kier molecular flexibility index (Phi) is 4.65. The van der Waals surface area contributed by atoms with Gasteiger partial charge in [-0.3, -0.25) is 9.59 Å². The number of amides is 1. The first-order valence-corrected chi connectivity index (χ1v) is 7.53. The number of hydrogen-bond donors (Lipinski definition) is 1. The van der Waals surface area contributed by atoms with Gasteiger partial charge in [0, 0.05) is 0 Å². The van der Waals surface area contributed by atoms with Gasteiger partial charge in [0.05, 0.1) is 11.6 Å². The van der Waals surface area contributed by atoms with Crippen LogP contribution in [0.1, 0.15) is 28.9 Å². The van der Waals surface area contributed by atoms with Crippen LogP contribution in [0.5, 0.6) is 17.2 Å². The summed E-state index contributed by atoms with van der Waals surface area (Å²) in [7, 11) is 0. The van der Waals surface area contributed by atoms with Crippen molar-refractivity contribution in [3.63, 3.8) is 0 Å². The van der Waals surface area contributed by atoms with E-state index in [1.807, 2.05) is 25.1 Å². The fourth-order valence-electron chi connectivity index (χ4n) is 2.40. The summed E-state index contributed by atoms with van der Waals surface area (Å²) >= 11 is 0. The van der Waals surface area contributed by atoms with E-state index in [0.717, 1.165) is 5.56 Å². The average Bonchev–Trinajstić information content (AvgIpc) is 3.07. The second-order valence-electron chi connectivity index (χ2n) is 5.35. The topological polar surface area (TPSA) is 73.9 Å². The summed E-state index contributed by atoms with van der Waals surface area (Å²) in [5.74, 6) is 1.48. The van der Waals surface area contributed by atoms with Gasteiger partial charge in [-0.1, -0.05) is 18.2 Å². The van der Waals surface area contributed by atoms with E-state index >= 15 is 0 Å². The third-order valence-electron chi connectivity index (χ3n) is 3.68. The molecule has 1 aliphatic heterocycles. The zero-order valence-electron chi connectivity index (χ0n) is 13.2. The highest BCUT2D eigenvalue weighted by Crippen LogP contribution is 2.34. The summed E-state index contributed by atoms with van der Waals surface area (Å²) in [6.07, 6.45) is 0.697. The van der Waals surface area contributed by atoms with Crippen molar-refractivity contribution >= 4 is 12.2 Å². The largest absolute Gasteiger partial charge is 0.483 e. The molecule has 0 aromatic heterocycles. The van der Waals surface area contributed by atoms with Crippen LogP contribution in [0.15, 0.2) is 42.5 Å². The number of fused-ring (bicyclic) bond motifs is 1. The molecule has 0 bridgehead atoms. The Morgan fingerprint density at radius 1 is 1.25 bits per heavy atom. The number of nitrogens with one attached hydrogen (secondary N) is 1. The molecule has 6 heteroatoms. The fraction of sp³-hybridized carbons (Fsp3) is 0.222. The van der Waals surface area contributed by atoms with Crippen molar-refractivity contribution < 1.29 is 23.8 Å². The Labute approximate surface area is 139 Å². The molecule has 1 heterocycles. The molecule has 0 fully saturated rings. The van der Waals surface area contributed by atoms with Crippen LogP contribution in [0.4, 0.5) is 0 Å². The molecule has 0 unspecified atom stereocenters. The molecule has 1 aliphatic rings. The van der Waals surface area contributed by atoms with Crippen LogP contribution in [0, 0.1) is 0 Å². The van der Waals surface area contributed by atoms with Crippen molar-refractivity contribution in [2.45, 2.75) is 13.0 Å². The maximum absolute atomic E-state index is 12.1. The minimum absolute atomic E-state index is 0.167. The molecule has 0 saturated carbocycles. The van der Waals surface area contributed by atoms with E-state index in [-0.39, 0.29) is 25.3 Å². The molecule has 6 nitrogen and oxygen atoms in total. The number of aldehydes is 1. The number of carbonyl (C=O) groups is 2. The third kappa shape index (κ3) is 3.48. The van der Waals surface area contributed by atoms with E-state index in [4.69, 9.17) is 14.2 Å². The lowest BCUT2D eigenvalue weighted by atomic mass is 10.1. The Morgan fingerprint density at radius 3 is 2.88 bits per heavy atom. The van der Waals surface area contributed by atoms with Gasteiger partial charge in [0.15, 0.2) is 24.4 Å². The van der Waals surface area contributed by atoms with Crippen molar-refractivity contribution in [2.75, 3.05) is 13.4 Å². The second-order valence-corrected chi connectivity index (χ2v) is 5.35. The van der Waals surface area contributed by atoms with Crippen molar-refractivity contribution in [1.29, 1.82) is 0 Å². The van der Waals surface area contributed by atoms with Crippen LogP contribution < -0.4 is 19.5 Å². The van der Waals surface area contributed by atoms with Crippen LogP contribution in [0.2, 0.25) is 0 Å². The zero-order valence-corrected chi connectivity index (χ0v) is 13.2. The van der Waals surface area contributed by atoms with Gasteiger partial charge in [-0.15, -0.1) is 0 Å². The summed E-state index contributed by atoms with van der Waals surface area (Å²) in [4.78, 5) is 23.0. The number of carbonyl (C=O) groups excluding carboxylic acids is 2. The van der Waals surface area contributed by atoms with Gasteiger partial charge >= 0.3 is 0 Å². The van der Waals surface area contributed by atoms with Crippen molar-refractivity contribution in [3.8, 4) is 17.2 Å². The van der Waals surface area contributed by atoms with Gasteiger partial charge in [0.2, 0.25) is 6.79 Å². The summed E-state index contributed by atoms with van der Waals surface area (Å²) in [6.45, 7) is 1.91. The number of rotatable bonds is 6. The Hall–Kier alpha value is -3.02. The Bertz CT molecular complexity index is 759. The number of hydrogen-bond acceptors (Lipinski definition) is 5. The minimum atomic E-state index is -0.277. The molecular weight excluding hydrogens is 310 g/mol. The highest BCUT2D eigenvalue weighted by atomic mass is 16.7. The molecule has 0 saturated heterocycles. The van der Waals surface area contributed by atoms with Gasteiger partial charge in [-0.2, -0.15) is 0 Å². The van der Waals surface area contributed by atoms with Gasteiger partial charge in [0.25, 0.3) is 5.91 Å². The van der Waals surface area contributed by atoms with E-state index in [1.54, 1.807) is 24.3 Å². The highest BCUT2D eigenvalue weighted by molar-refractivity contribution is 5.81. The molecule has 1 atom stereocenters. The van der Waals surface area contributed by atoms with Gasteiger partial charge in [-0.25, -0.2) is 0 Å². The van der Waals surface area contributed by atoms with Crippen LogP contribution >= 0.6 is 0 Å². The predicted molar refractivity (Wildman–Crippen MR) is 86.4 cm³/mol. The molecule has 0 radical (unpaired) electrons. The predicted octanol–water partition coefficient (Wildman–Crippen LogP) is 2.48. The van der Waals surface area contributed by atoms with E-state index in [2.05, 4.69) is 5.32 Å². The Morgan fingerprint density at radius 2 is 2.04 bits per heavy atom. The summed E-state index contributed by atoms with van der Waals surface area (Å²) < 4.78 is 16.0. The number of ether oxygens (including phenoxy) is 3. The van der Waals surface area contributed by atoms with E-state index in [9.17, 15) is 9.59 Å². The summed E-state index contributed by atoms with van der Waals surface area (Å²) in [5, 5.41) is 2.85. The molecule has 2 aromatic rings. The highest BCUT2D eigenvalue weighted by Gasteiger charge is 2.17. The molecule has 3 rings (SSSR count). The molecule has 1 amide bonds. The van der Waals surface area contributed by atoms with Gasteiger partial charge < -0.3 is 19.5 Å². The van der Waals surface area contributed by atoms with Crippen molar-refractivity contribution in [2.24, 2.45) is 0 Å². The van der Waals surface area contributed by atoms with Gasteiger partial charge in [0.1, 0.15) is 5.75 Å². The smallest absolute Gasteiger partial charge is 0.258 e. The summed E-state index contributed by atoms with van der Waals surface area (Å²) in [5.41, 5.74) is 1.31. The van der Waals surface area contributed by atoms with Crippen LogP contribution in [-0.2, 0) is 4.79 Å². The molecule has 0 spiro atoms. The lowest BCUT2D eigenvalue weighted by Gasteiger charge is -2.15. The number of benzene rings is 2. The lowest BCUT2D eigenvalue weighted by molar-refractivity contribution is -0.123. The molecule has 2 aromatic carbocycles. The molecule has 1 N–H and O–H groups in total. The molecule has 124 valence electrons. The van der Waals surface area contributed by atoms with Crippen LogP contribution in [0.25, 0.3) is 0 Å². The standard InChI is InChI=1S/C18H17NO5/c1-12(13-6-7-16-17(8-13)24-11-23-16)19-18(21)10-22-15-5-3-2-4-14(15)9-20/h2-9,12H,10-11H2,1H3,(H,19,21)/t12-/m0/s1. The van der Waals surface area contributed by atoms with Gasteiger partial charge in [-0.05, 0) is 36.8 Å². The fourth-order valence-corrected chi connectivity index (χ4v) is 2.40. The van der Waals surface area contributed by atoms with Crippen LogP contribution in [-0.4, -0.2) is 25.6 Å². The first-order chi connectivity index (χ1) is 11.7. The summed E-state index contributed by atoms with van der Waals surface area (Å²) in [6, 6.07) is 12.1. The van der Waals surface area contributed by atoms with Crippen molar-refractivity contribution in [1.82, 2.24) is 5.32 Å². The third-order valence-corrected chi connectivity index (χ3v) is 3.68. The Balaban J connectivity index is 1.57. The maximum atomic E-state index is 12.1. The first kappa shape index (κ1) is 15.9. The number of para-hydroxylation sites is 1. The molecule has 24 heavy (non-hydrogen) atoms. The molecular formula is C18H17NO5. The van der Waals surface area contributed by atoms with Crippen LogP contribution in [0.3, 0.4) is 0 Å². The van der Waals surface area contributed by atoms with E-state index < -0.39 is 0 Å². The lowest BCUT2D eigenvalue weighted by Crippen LogP contribution is -2.31. The first-order valence-electron chi connectivity index (χ1n) is 7.53. The monoisotopic (exact) mass is 327 g/mol. The van der Waals surface area contributed by atoms with E-state index in [0.29, 0.717) is 29.1 Å². The second kappa shape index (κ2) is 7.04.